The van der Waals surface area contributed by atoms with E-state index in [1.807, 2.05) is 12.1 Å². The molecule has 2 aromatic rings. The molecule has 16 heavy (non-hydrogen) atoms. The Kier molecular flexibility index (Phi) is 3.16. The third-order valence-electron chi connectivity index (χ3n) is 2.46. The monoisotopic (exact) mass is 232 g/mol. The molecule has 2 N–H and O–H groups in total. The van der Waals surface area contributed by atoms with Crippen molar-refractivity contribution in [2.75, 3.05) is 0 Å². The van der Waals surface area contributed by atoms with Crippen molar-refractivity contribution in [2.45, 2.75) is 0 Å². The van der Waals surface area contributed by atoms with E-state index in [2.05, 4.69) is 4.58 Å². The maximum absolute atomic E-state index is 10.4. The van der Waals surface area contributed by atoms with Gasteiger partial charge in [-0.2, -0.15) is 0 Å². The Morgan fingerprint density at radius 3 is 1.44 bits per heavy atom. The summed E-state index contributed by atoms with van der Waals surface area (Å²) < 4.78 is 4.40. The Balaban J connectivity index is 2.49. The lowest BCUT2D eigenvalue weighted by molar-refractivity contribution is -0.160. The molecule has 0 amide bonds. The molecule has 0 atom stereocenters. The molecular weight excluding hydrogens is 220 g/mol. The topological polar surface area (TPSA) is 49.7 Å². The van der Waals surface area contributed by atoms with Crippen LogP contribution in [-0.2, 0) is 4.58 Å². The first-order valence-electron chi connectivity index (χ1n) is 4.93. The predicted octanol–water partition coefficient (Wildman–Crippen LogP) is 0.725. The van der Waals surface area contributed by atoms with Crippen molar-refractivity contribution in [3.8, 4) is 0 Å². The van der Waals surface area contributed by atoms with E-state index in [-0.39, 0.29) is 0 Å². The highest BCUT2D eigenvalue weighted by Crippen LogP contribution is 2.02. The lowest BCUT2D eigenvalue weighted by atomic mass is 10.4. The van der Waals surface area contributed by atoms with Crippen LogP contribution in [0.4, 0.5) is 0 Å². The van der Waals surface area contributed by atoms with Gasteiger partial charge in [-0.1, -0.05) is 60.7 Å². The van der Waals surface area contributed by atoms with Crippen LogP contribution in [0.3, 0.4) is 0 Å². The average Bonchev–Trinajstić information content (AvgIpc) is 2.40. The highest BCUT2D eigenvalue weighted by atomic mass is 28.4. The second kappa shape index (κ2) is 4.59. The van der Waals surface area contributed by atoms with Crippen LogP contribution in [0.1, 0.15) is 0 Å². The van der Waals surface area contributed by atoms with Gasteiger partial charge in [0, 0.05) is 10.4 Å². The van der Waals surface area contributed by atoms with Crippen LogP contribution in [0.15, 0.2) is 60.7 Å². The fourth-order valence-corrected chi connectivity index (χ4v) is 3.43. The van der Waals surface area contributed by atoms with E-state index in [1.165, 1.54) is 0 Å². The van der Waals surface area contributed by atoms with Crippen molar-refractivity contribution in [3.05, 3.63) is 60.7 Å². The number of benzene rings is 2. The van der Waals surface area contributed by atoms with Gasteiger partial charge in [0.2, 0.25) is 0 Å². The molecule has 0 spiro atoms. The molecule has 0 aromatic heterocycles. The molecule has 0 aliphatic heterocycles. The minimum absolute atomic E-state index is 0.615. The molecular formula is C12H12O3Si. The molecule has 0 saturated heterocycles. The zero-order chi connectivity index (χ0) is 11.4. The largest absolute Gasteiger partial charge is 0.437 e. The molecule has 0 unspecified atom stereocenters. The SMILES string of the molecule is OO[Si](O)(c1ccccc1)c1ccccc1. The zero-order valence-electron chi connectivity index (χ0n) is 8.58. The van der Waals surface area contributed by atoms with Crippen LogP contribution in [0.2, 0.25) is 0 Å². The van der Waals surface area contributed by atoms with Crippen molar-refractivity contribution in [1.29, 1.82) is 0 Å². The third-order valence-corrected chi connectivity index (χ3v) is 4.96. The minimum atomic E-state index is -3.42. The van der Waals surface area contributed by atoms with Crippen LogP contribution in [0.25, 0.3) is 0 Å². The highest BCUT2D eigenvalue weighted by molar-refractivity contribution is 6.91. The number of rotatable bonds is 3. The summed E-state index contributed by atoms with van der Waals surface area (Å²) in [6.45, 7) is 0. The van der Waals surface area contributed by atoms with Gasteiger partial charge >= 0.3 is 8.56 Å². The lowest BCUT2D eigenvalue weighted by Crippen LogP contribution is -2.60. The maximum atomic E-state index is 10.4. The van der Waals surface area contributed by atoms with E-state index in [0.29, 0.717) is 10.4 Å². The van der Waals surface area contributed by atoms with Gasteiger partial charge in [-0.3, -0.25) is 5.26 Å². The molecule has 2 rings (SSSR count). The number of hydrogen-bond donors (Lipinski definition) is 2. The van der Waals surface area contributed by atoms with E-state index >= 15 is 0 Å². The van der Waals surface area contributed by atoms with E-state index in [4.69, 9.17) is 5.26 Å². The second-order valence-electron chi connectivity index (χ2n) is 3.47. The van der Waals surface area contributed by atoms with Gasteiger partial charge in [0.15, 0.2) is 0 Å². The van der Waals surface area contributed by atoms with Gasteiger partial charge in [0.05, 0.1) is 0 Å². The molecule has 0 radical (unpaired) electrons. The molecule has 0 aliphatic carbocycles. The van der Waals surface area contributed by atoms with E-state index in [9.17, 15) is 4.80 Å². The molecule has 82 valence electrons. The van der Waals surface area contributed by atoms with Crippen LogP contribution in [0.5, 0.6) is 0 Å². The van der Waals surface area contributed by atoms with Crippen molar-refractivity contribution < 1.29 is 14.6 Å². The van der Waals surface area contributed by atoms with Gasteiger partial charge in [-0.25, -0.2) is 4.58 Å². The first-order valence-corrected chi connectivity index (χ1v) is 6.79. The molecule has 0 bridgehead atoms. The summed E-state index contributed by atoms with van der Waals surface area (Å²) >= 11 is 0. The summed E-state index contributed by atoms with van der Waals surface area (Å²) in [7, 11) is -3.42. The average molecular weight is 232 g/mol. The first-order chi connectivity index (χ1) is 7.77. The molecule has 4 heteroatoms. The smallest absolute Gasteiger partial charge is 0.403 e. The Morgan fingerprint density at radius 1 is 0.750 bits per heavy atom. The van der Waals surface area contributed by atoms with E-state index < -0.39 is 8.56 Å². The molecule has 3 nitrogen and oxygen atoms in total. The second-order valence-corrected chi connectivity index (χ2v) is 6.09. The summed E-state index contributed by atoms with van der Waals surface area (Å²) in [6.07, 6.45) is 0. The minimum Gasteiger partial charge on any atom is -0.403 e. The highest BCUT2D eigenvalue weighted by Gasteiger charge is 2.39. The fraction of sp³-hybridized carbons (Fsp3) is 0. The number of hydrogen-bond acceptors (Lipinski definition) is 3. The van der Waals surface area contributed by atoms with Gasteiger partial charge in [0.25, 0.3) is 0 Å². The van der Waals surface area contributed by atoms with Gasteiger partial charge in [-0.05, 0) is 0 Å². The Labute approximate surface area is 94.7 Å². The third kappa shape index (κ3) is 1.91. The zero-order valence-corrected chi connectivity index (χ0v) is 9.58. The normalized spacial score (nSPS) is 11.4. The van der Waals surface area contributed by atoms with Gasteiger partial charge in [0.1, 0.15) is 0 Å². The van der Waals surface area contributed by atoms with Gasteiger partial charge < -0.3 is 4.80 Å². The Bertz CT molecular complexity index is 405. The van der Waals surface area contributed by atoms with E-state index in [0.717, 1.165) is 0 Å². The molecule has 0 aliphatic rings. The molecule has 0 heterocycles. The Morgan fingerprint density at radius 2 is 1.12 bits per heavy atom. The summed E-state index contributed by atoms with van der Waals surface area (Å²) in [5.74, 6) is 0. The lowest BCUT2D eigenvalue weighted by Gasteiger charge is -2.21. The Hall–Kier alpha value is -1.46. The van der Waals surface area contributed by atoms with Crippen LogP contribution in [-0.4, -0.2) is 18.6 Å². The quantitative estimate of drug-likeness (QED) is 0.466. The fourth-order valence-electron chi connectivity index (χ4n) is 1.60. The predicted molar refractivity (Wildman–Crippen MR) is 63.8 cm³/mol. The van der Waals surface area contributed by atoms with Gasteiger partial charge in [-0.15, -0.1) is 0 Å². The molecule has 0 saturated carbocycles. The summed E-state index contributed by atoms with van der Waals surface area (Å²) in [5, 5.41) is 10.2. The maximum Gasteiger partial charge on any atom is 0.437 e. The summed E-state index contributed by atoms with van der Waals surface area (Å²) in [6, 6.07) is 17.9. The van der Waals surface area contributed by atoms with Crippen molar-refractivity contribution in [3.63, 3.8) is 0 Å². The van der Waals surface area contributed by atoms with Crippen LogP contribution >= 0.6 is 0 Å². The molecule has 0 fully saturated rings. The van der Waals surface area contributed by atoms with Crippen molar-refractivity contribution >= 4 is 18.9 Å². The van der Waals surface area contributed by atoms with Crippen LogP contribution in [0, 0.1) is 0 Å². The van der Waals surface area contributed by atoms with Crippen molar-refractivity contribution in [2.24, 2.45) is 0 Å². The summed E-state index contributed by atoms with van der Waals surface area (Å²) in [4.78, 5) is 10.4. The summed E-state index contributed by atoms with van der Waals surface area (Å²) in [5.41, 5.74) is 0. The van der Waals surface area contributed by atoms with Crippen molar-refractivity contribution in [1.82, 2.24) is 0 Å². The first kappa shape index (κ1) is 11.0. The standard InChI is InChI=1S/C12H12O3Si/c13-15-16(14,11-7-3-1-4-8-11)12-9-5-2-6-10-12/h1-10,13-14H. The van der Waals surface area contributed by atoms with Crippen LogP contribution < -0.4 is 10.4 Å². The van der Waals surface area contributed by atoms with E-state index in [1.54, 1.807) is 48.5 Å². The molecule has 2 aromatic carbocycles.